The summed E-state index contributed by atoms with van der Waals surface area (Å²) in [5, 5.41) is 0. The SMILES string of the molecule is CCC(C(C)C)n1c(=O)[nH]c2nc[nH]c2c1=O. The molecule has 0 radical (unpaired) electrons. The third kappa shape index (κ3) is 1.79. The predicted molar refractivity (Wildman–Crippen MR) is 65.1 cm³/mol. The van der Waals surface area contributed by atoms with Crippen LogP contribution in [-0.4, -0.2) is 19.5 Å². The van der Waals surface area contributed by atoms with Crippen LogP contribution in [0.1, 0.15) is 33.2 Å². The Balaban J connectivity index is 2.76. The van der Waals surface area contributed by atoms with E-state index in [1.807, 2.05) is 20.8 Å². The third-order valence-electron chi connectivity index (χ3n) is 3.04. The van der Waals surface area contributed by atoms with Gasteiger partial charge in [-0.1, -0.05) is 20.8 Å². The average molecular weight is 236 g/mol. The molecule has 2 aromatic heterocycles. The lowest BCUT2D eigenvalue weighted by molar-refractivity contribution is 0.346. The number of H-pyrrole nitrogens is 2. The number of nitrogens with zero attached hydrogens (tertiary/aromatic N) is 2. The van der Waals surface area contributed by atoms with E-state index in [4.69, 9.17) is 0 Å². The van der Waals surface area contributed by atoms with Crippen LogP contribution in [0.25, 0.3) is 11.2 Å². The van der Waals surface area contributed by atoms with E-state index in [9.17, 15) is 9.59 Å². The molecule has 17 heavy (non-hydrogen) atoms. The monoisotopic (exact) mass is 236 g/mol. The van der Waals surface area contributed by atoms with Gasteiger partial charge in [-0.15, -0.1) is 0 Å². The van der Waals surface area contributed by atoms with Crippen LogP contribution in [0.2, 0.25) is 0 Å². The minimum atomic E-state index is -0.393. The van der Waals surface area contributed by atoms with Crippen LogP contribution in [0.3, 0.4) is 0 Å². The van der Waals surface area contributed by atoms with Gasteiger partial charge in [0.2, 0.25) is 0 Å². The van der Waals surface area contributed by atoms with Crippen molar-refractivity contribution in [3.05, 3.63) is 27.2 Å². The second-order valence-corrected chi connectivity index (χ2v) is 4.45. The molecule has 2 aromatic rings. The van der Waals surface area contributed by atoms with Crippen molar-refractivity contribution < 1.29 is 0 Å². The van der Waals surface area contributed by atoms with Gasteiger partial charge in [-0.3, -0.25) is 14.3 Å². The number of hydrogen-bond donors (Lipinski definition) is 2. The lowest BCUT2D eigenvalue weighted by Crippen LogP contribution is -2.39. The Labute approximate surface area is 97.7 Å². The molecule has 0 amide bonds. The van der Waals surface area contributed by atoms with Crippen molar-refractivity contribution >= 4 is 11.2 Å². The Hall–Kier alpha value is -1.85. The Morgan fingerprint density at radius 2 is 2.12 bits per heavy atom. The topological polar surface area (TPSA) is 83.5 Å². The molecule has 0 aliphatic rings. The highest BCUT2D eigenvalue weighted by Crippen LogP contribution is 2.17. The Kier molecular flexibility index (Phi) is 2.87. The van der Waals surface area contributed by atoms with Gasteiger partial charge in [-0.05, 0) is 12.3 Å². The molecule has 2 N–H and O–H groups in total. The Bertz CT molecular complexity index is 635. The summed E-state index contributed by atoms with van der Waals surface area (Å²) in [7, 11) is 0. The predicted octanol–water partition coefficient (Wildman–Crippen LogP) is 1.02. The lowest BCUT2D eigenvalue weighted by Gasteiger charge is -2.20. The maximum atomic E-state index is 12.2. The molecule has 1 atom stereocenters. The standard InChI is InChI=1S/C11H16N4O2/c1-4-7(6(2)3)15-10(16)8-9(13-5-12-8)14-11(15)17/h5-7H,4H2,1-3H3,(H,12,13)(H,14,17). The average Bonchev–Trinajstić information content (AvgIpc) is 2.71. The highest BCUT2D eigenvalue weighted by molar-refractivity contribution is 5.67. The number of aromatic amines is 2. The quantitative estimate of drug-likeness (QED) is 0.834. The second-order valence-electron chi connectivity index (χ2n) is 4.45. The van der Waals surface area contributed by atoms with E-state index >= 15 is 0 Å². The van der Waals surface area contributed by atoms with Gasteiger partial charge >= 0.3 is 5.69 Å². The maximum absolute atomic E-state index is 12.2. The minimum absolute atomic E-state index is 0.0982. The van der Waals surface area contributed by atoms with Crippen molar-refractivity contribution in [2.45, 2.75) is 33.2 Å². The highest BCUT2D eigenvalue weighted by Gasteiger charge is 2.19. The van der Waals surface area contributed by atoms with Gasteiger partial charge < -0.3 is 4.98 Å². The summed E-state index contributed by atoms with van der Waals surface area (Å²) in [6.07, 6.45) is 2.14. The first-order chi connectivity index (χ1) is 8.06. The van der Waals surface area contributed by atoms with E-state index in [0.717, 1.165) is 6.42 Å². The van der Waals surface area contributed by atoms with Crippen LogP contribution in [0.4, 0.5) is 0 Å². The molecular formula is C11H16N4O2. The van der Waals surface area contributed by atoms with Crippen LogP contribution in [0, 0.1) is 5.92 Å². The van der Waals surface area contributed by atoms with Crippen molar-refractivity contribution in [3.8, 4) is 0 Å². The van der Waals surface area contributed by atoms with Crippen molar-refractivity contribution in [2.24, 2.45) is 5.92 Å². The zero-order chi connectivity index (χ0) is 12.6. The van der Waals surface area contributed by atoms with Gasteiger partial charge in [-0.2, -0.15) is 0 Å². The summed E-state index contributed by atoms with van der Waals surface area (Å²) in [6.45, 7) is 5.96. The normalized spacial score (nSPS) is 13.4. The summed E-state index contributed by atoms with van der Waals surface area (Å²) < 4.78 is 1.28. The number of hydrogen-bond acceptors (Lipinski definition) is 3. The summed E-state index contributed by atoms with van der Waals surface area (Å²) in [4.78, 5) is 33.4. The number of rotatable bonds is 3. The number of fused-ring (bicyclic) bond motifs is 1. The second kappa shape index (κ2) is 4.20. The molecule has 6 nitrogen and oxygen atoms in total. The van der Waals surface area contributed by atoms with Crippen molar-refractivity contribution in [2.75, 3.05) is 0 Å². The van der Waals surface area contributed by atoms with E-state index in [1.54, 1.807) is 0 Å². The fourth-order valence-corrected chi connectivity index (χ4v) is 2.18. The molecule has 0 saturated carbocycles. The van der Waals surface area contributed by atoms with E-state index in [0.29, 0.717) is 11.2 Å². The molecule has 0 spiro atoms. The molecule has 6 heteroatoms. The largest absolute Gasteiger partial charge is 0.339 e. The molecule has 1 unspecified atom stereocenters. The van der Waals surface area contributed by atoms with E-state index in [2.05, 4.69) is 15.0 Å². The highest BCUT2D eigenvalue weighted by atomic mass is 16.2. The number of nitrogens with one attached hydrogen (secondary N) is 2. The maximum Gasteiger partial charge on any atom is 0.330 e. The van der Waals surface area contributed by atoms with Crippen LogP contribution < -0.4 is 11.2 Å². The first-order valence-corrected chi connectivity index (χ1v) is 5.74. The van der Waals surface area contributed by atoms with Gasteiger partial charge in [0.25, 0.3) is 5.56 Å². The fraction of sp³-hybridized carbons (Fsp3) is 0.545. The zero-order valence-electron chi connectivity index (χ0n) is 10.2. The third-order valence-corrected chi connectivity index (χ3v) is 3.04. The fourth-order valence-electron chi connectivity index (χ4n) is 2.18. The molecular weight excluding hydrogens is 220 g/mol. The molecule has 0 bridgehead atoms. The van der Waals surface area contributed by atoms with Crippen molar-refractivity contribution in [1.29, 1.82) is 0 Å². The number of aromatic nitrogens is 4. The molecule has 2 rings (SSSR count). The molecule has 0 aliphatic heterocycles. The Morgan fingerprint density at radius 1 is 1.41 bits per heavy atom. The number of imidazole rings is 1. The van der Waals surface area contributed by atoms with Gasteiger partial charge in [0.15, 0.2) is 5.65 Å². The van der Waals surface area contributed by atoms with E-state index < -0.39 is 5.69 Å². The molecule has 0 saturated heterocycles. The summed E-state index contributed by atoms with van der Waals surface area (Å²) in [6, 6.07) is -0.0982. The lowest BCUT2D eigenvalue weighted by atomic mass is 10.0. The van der Waals surface area contributed by atoms with Crippen LogP contribution in [0.5, 0.6) is 0 Å². The van der Waals surface area contributed by atoms with Gasteiger partial charge in [0.1, 0.15) is 5.52 Å². The summed E-state index contributed by atoms with van der Waals surface area (Å²) >= 11 is 0. The van der Waals surface area contributed by atoms with E-state index in [-0.39, 0.29) is 17.5 Å². The summed E-state index contributed by atoms with van der Waals surface area (Å²) in [5.74, 6) is 0.221. The van der Waals surface area contributed by atoms with Gasteiger partial charge in [0.05, 0.1) is 6.33 Å². The first kappa shape index (κ1) is 11.6. The molecule has 0 fully saturated rings. The molecule has 92 valence electrons. The summed E-state index contributed by atoms with van der Waals surface area (Å²) in [5.41, 5.74) is -0.0319. The van der Waals surface area contributed by atoms with Crippen molar-refractivity contribution in [3.63, 3.8) is 0 Å². The van der Waals surface area contributed by atoms with Gasteiger partial charge in [-0.25, -0.2) is 9.78 Å². The van der Waals surface area contributed by atoms with Crippen LogP contribution in [0.15, 0.2) is 15.9 Å². The first-order valence-electron chi connectivity index (χ1n) is 5.74. The molecule has 0 aliphatic carbocycles. The zero-order valence-corrected chi connectivity index (χ0v) is 10.2. The molecule has 0 aromatic carbocycles. The van der Waals surface area contributed by atoms with Crippen molar-refractivity contribution in [1.82, 2.24) is 19.5 Å². The smallest absolute Gasteiger partial charge is 0.330 e. The Morgan fingerprint density at radius 3 is 2.71 bits per heavy atom. The van der Waals surface area contributed by atoms with E-state index in [1.165, 1.54) is 10.9 Å². The minimum Gasteiger partial charge on any atom is -0.339 e. The molecule has 2 heterocycles. The van der Waals surface area contributed by atoms with Crippen LogP contribution >= 0.6 is 0 Å². The van der Waals surface area contributed by atoms with Gasteiger partial charge in [0, 0.05) is 6.04 Å². The van der Waals surface area contributed by atoms with Crippen LogP contribution in [-0.2, 0) is 0 Å².